The summed E-state index contributed by atoms with van der Waals surface area (Å²) in [5.41, 5.74) is 4.08. The summed E-state index contributed by atoms with van der Waals surface area (Å²) in [6, 6.07) is -4.46. The van der Waals surface area contributed by atoms with E-state index >= 15 is 0 Å². The van der Waals surface area contributed by atoms with Gasteiger partial charge in [-0.2, -0.15) is 58.7 Å². The molecule has 0 saturated carbocycles. The predicted molar refractivity (Wildman–Crippen MR) is 325 cm³/mol. The van der Waals surface area contributed by atoms with Gasteiger partial charge in [0.05, 0.1) is 72.4 Å². The van der Waals surface area contributed by atoms with Crippen LogP contribution in [0.3, 0.4) is 0 Å². The molecule has 6 aromatic heterocycles. The van der Waals surface area contributed by atoms with Crippen molar-refractivity contribution < 1.29 is 79.5 Å². The van der Waals surface area contributed by atoms with Crippen LogP contribution >= 0.6 is 12.1 Å². The highest BCUT2D eigenvalue weighted by molar-refractivity contribution is 7.93. The molecule has 6 aliphatic heterocycles. The van der Waals surface area contributed by atoms with Gasteiger partial charge in [-0.25, -0.2) is 57.5 Å². The topological polar surface area (TPSA) is 264 Å². The largest absolute Gasteiger partial charge is 0.405 e. The van der Waals surface area contributed by atoms with Crippen molar-refractivity contribution in [2.24, 2.45) is 21.1 Å². The zero-order valence-corrected chi connectivity index (χ0v) is 50.4. The van der Waals surface area contributed by atoms with E-state index in [2.05, 4.69) is 61.2 Å². The molecule has 2 unspecified atom stereocenters. The van der Waals surface area contributed by atoms with Gasteiger partial charge >= 0.3 is 36.6 Å². The minimum absolute atomic E-state index is 0. The number of nitrogens with one attached hydrogen (secondary N) is 6. The third-order valence-electron chi connectivity index (χ3n) is 15.2. The Morgan fingerprint density at radius 1 is 0.473 bits per heavy atom. The molecule has 6 amide bonds. The van der Waals surface area contributed by atoms with Gasteiger partial charge < -0.3 is 46.6 Å². The van der Waals surface area contributed by atoms with Crippen LogP contribution in [0.5, 0.6) is 0 Å². The quantitative estimate of drug-likeness (QED) is 0.0622. The monoisotopic (exact) mass is 1350 g/mol. The van der Waals surface area contributed by atoms with Crippen LogP contribution < -0.4 is 31.9 Å². The van der Waals surface area contributed by atoms with Gasteiger partial charge in [0, 0.05) is 84.8 Å². The van der Waals surface area contributed by atoms with E-state index < -0.39 is 91.8 Å². The van der Waals surface area contributed by atoms with Gasteiger partial charge in [0.1, 0.15) is 36.7 Å². The number of hydrogen-bond acceptors (Lipinski definition) is 16. The molecule has 3 fully saturated rings. The number of anilines is 6. The molecule has 0 spiro atoms. The molecule has 24 nitrogen and oxygen atoms in total. The lowest BCUT2D eigenvalue weighted by Crippen LogP contribution is -2.50. The van der Waals surface area contributed by atoms with Crippen LogP contribution in [0.1, 0.15) is 83.4 Å². The first-order valence-corrected chi connectivity index (χ1v) is 29.6. The standard InChI is InChI=1S/3C18H19F4N7O.CH3FS.6H2/c3*1-28-8-11(6-25-28)26-16-23-7-14(19)15(27-16)10-4-12-2-3-13(5-10)29(12)17(30)24-9-18(20,21)22;1-3-2;;;;;;/h3*4,6-8,12-13H,2-3,5,9H2,1H3,(H,24,30)(H,23,26,27);1H3;6*1H/t2*12-,13+;;;;;;;;/m10......../s1. The van der Waals surface area contributed by atoms with E-state index in [1.165, 1.54) is 21.0 Å². The van der Waals surface area contributed by atoms with Crippen LogP contribution in [0.4, 0.5) is 106 Å². The van der Waals surface area contributed by atoms with Gasteiger partial charge in [-0.3, -0.25) is 14.0 Å². The summed E-state index contributed by atoms with van der Waals surface area (Å²) in [5.74, 6) is -1.24. The minimum Gasteiger partial charge on any atom is -0.329 e. The number of halogens is 13. The summed E-state index contributed by atoms with van der Waals surface area (Å²) in [5, 5.41) is 26.7. The molecule has 6 aromatic rings. The lowest BCUT2D eigenvalue weighted by atomic mass is 9.98. The molecule has 93 heavy (non-hydrogen) atoms. The normalized spacial score (nSPS) is 20.4. The van der Waals surface area contributed by atoms with E-state index in [1.54, 1.807) is 90.6 Å². The van der Waals surface area contributed by atoms with Crippen molar-refractivity contribution in [3.05, 3.63) is 109 Å². The summed E-state index contributed by atoms with van der Waals surface area (Å²) in [6.45, 7) is -4.16. The number of amides is 6. The van der Waals surface area contributed by atoms with Crippen LogP contribution in [-0.4, -0.2) is 173 Å². The Hall–Kier alpha value is -9.26. The van der Waals surface area contributed by atoms with Crippen molar-refractivity contribution in [1.82, 2.24) is 89.9 Å². The van der Waals surface area contributed by atoms with Crippen LogP contribution in [0.15, 0.2) is 74.0 Å². The van der Waals surface area contributed by atoms with E-state index in [1.807, 2.05) is 16.0 Å². The number of urea groups is 3. The molecule has 0 radical (unpaired) electrons. The third-order valence-corrected chi connectivity index (χ3v) is 15.2. The van der Waals surface area contributed by atoms with Crippen molar-refractivity contribution in [2.75, 3.05) is 41.8 Å². The second kappa shape index (κ2) is 28.7. The van der Waals surface area contributed by atoms with Gasteiger partial charge in [0.2, 0.25) is 17.8 Å². The predicted octanol–water partition coefficient (Wildman–Crippen LogP) is 11.7. The first-order chi connectivity index (χ1) is 44.0. The zero-order valence-electron chi connectivity index (χ0n) is 49.6. The maximum atomic E-state index is 14.5. The molecule has 0 aliphatic carbocycles. The smallest absolute Gasteiger partial charge is 0.329 e. The fraction of sp³-hybridized carbons (Fsp3) is 0.455. The van der Waals surface area contributed by atoms with E-state index in [-0.39, 0.29) is 73.8 Å². The molecule has 38 heteroatoms. The van der Waals surface area contributed by atoms with Crippen molar-refractivity contribution in [3.63, 3.8) is 0 Å². The molecule has 6 aliphatic rings. The van der Waals surface area contributed by atoms with E-state index in [0.29, 0.717) is 91.6 Å². The number of carbonyl (C=O) groups excluding carboxylic acids is 3. The fourth-order valence-electron chi connectivity index (χ4n) is 11.6. The average Bonchev–Trinajstić information content (AvgIpc) is 1.68. The summed E-state index contributed by atoms with van der Waals surface area (Å²) in [7, 11) is 5.25. The van der Waals surface area contributed by atoms with Crippen molar-refractivity contribution in [2.45, 2.75) is 113 Å². The van der Waals surface area contributed by atoms with E-state index in [4.69, 9.17) is 0 Å². The summed E-state index contributed by atoms with van der Waals surface area (Å²) >= 11 is 0.250. The maximum Gasteiger partial charge on any atom is 0.405 e. The molecule has 512 valence electrons. The highest BCUT2D eigenvalue weighted by Gasteiger charge is 2.45. The summed E-state index contributed by atoms with van der Waals surface area (Å²) < 4.78 is 170. The van der Waals surface area contributed by atoms with Crippen LogP contribution in [0.2, 0.25) is 0 Å². The Morgan fingerprint density at radius 2 is 0.731 bits per heavy atom. The number of rotatable bonds is 12. The Morgan fingerprint density at radius 3 is 0.946 bits per heavy atom. The lowest BCUT2D eigenvalue weighted by molar-refractivity contribution is -0.124. The van der Waals surface area contributed by atoms with Crippen molar-refractivity contribution in [1.29, 1.82) is 0 Å². The highest BCUT2D eigenvalue weighted by Crippen LogP contribution is 2.42. The molecule has 6 bridgehead atoms. The van der Waals surface area contributed by atoms with Gasteiger partial charge in [0.15, 0.2) is 17.5 Å². The Kier molecular flexibility index (Phi) is 21.0. The van der Waals surface area contributed by atoms with Crippen molar-refractivity contribution in [3.8, 4) is 0 Å². The molecule has 12 rings (SSSR count). The molecular weight excluding hydrogens is 1280 g/mol. The van der Waals surface area contributed by atoms with E-state index in [9.17, 15) is 71.0 Å². The number of alkyl halides is 9. The highest BCUT2D eigenvalue weighted by atomic mass is 32.2. The first kappa shape index (κ1) is 68.1. The number of aromatic nitrogens is 12. The number of nitrogens with zero attached hydrogens (tertiary/aromatic N) is 15. The Bertz CT molecular complexity index is 3400. The SMILES string of the molecule is CSF.Cn1cc(Nc2ncc(F)c(C3=CC4CCC(C3)N4C(=O)NCC(F)(F)F)n2)cn1.Cn1cc(Nc2ncc(F)c(C3=C[C@@H]4CC[C@H](C3)N4C(=O)NCC(F)(F)F)n2)cn1.Cn1cc(Nc2ncc(F)c(C3=C[C@H]4CC[C@@H](C3)N4C(=O)NCC(F)(F)F)n2)cn1.[HH].[HH].[HH].[HH].[HH].[HH]. The molecule has 12 heterocycles. The summed E-state index contributed by atoms with van der Waals surface area (Å²) in [4.78, 5) is 65.6. The van der Waals surface area contributed by atoms with Gasteiger partial charge in [-0.1, -0.05) is 18.2 Å². The Labute approximate surface area is 534 Å². The molecule has 3 saturated heterocycles. The zero-order chi connectivity index (χ0) is 67.1. The van der Waals surface area contributed by atoms with E-state index in [0.717, 1.165) is 18.6 Å². The summed E-state index contributed by atoms with van der Waals surface area (Å²) in [6.07, 6.45) is 10.7. The van der Waals surface area contributed by atoms with Crippen molar-refractivity contribution >= 4 is 81.9 Å². The lowest BCUT2D eigenvalue weighted by Gasteiger charge is -2.34. The number of hydrogen-bond donors (Lipinski definition) is 6. The van der Waals surface area contributed by atoms with Crippen LogP contribution in [0, 0.1) is 17.5 Å². The third kappa shape index (κ3) is 17.9. The number of fused-ring (bicyclic) bond motifs is 6. The fourth-order valence-corrected chi connectivity index (χ4v) is 11.6. The molecular formula is C55H72F13N21O3S. The number of aryl methyl sites for hydroxylation is 3. The van der Waals surface area contributed by atoms with Crippen LogP contribution in [-0.2, 0) is 21.1 Å². The molecule has 0 aromatic carbocycles. The first-order valence-electron chi connectivity index (χ1n) is 28.5. The van der Waals surface area contributed by atoms with Gasteiger partial charge in [-0.05, 0) is 74.5 Å². The number of carbonyl (C=O) groups is 3. The average molecular weight is 1350 g/mol. The Balaban J connectivity index is 0.000000368. The molecule has 6 N–H and O–H groups in total. The minimum atomic E-state index is -4.48. The second-order valence-electron chi connectivity index (χ2n) is 22.0. The second-order valence-corrected chi connectivity index (χ2v) is 22.3. The van der Waals surface area contributed by atoms with Crippen LogP contribution in [0.25, 0.3) is 16.7 Å². The van der Waals surface area contributed by atoms with Gasteiger partial charge in [0.25, 0.3) is 0 Å². The molecule has 6 atom stereocenters. The van der Waals surface area contributed by atoms with Gasteiger partial charge in [-0.15, -0.1) is 0 Å². The maximum absolute atomic E-state index is 14.5.